The molecule has 1 aromatic carbocycles. The predicted molar refractivity (Wildman–Crippen MR) is 68.0 cm³/mol. The number of hydrogen-bond acceptors (Lipinski definition) is 3. The summed E-state index contributed by atoms with van der Waals surface area (Å²) in [5.74, 6) is -0.0517. The van der Waals surface area contributed by atoms with E-state index in [1.807, 2.05) is 26.0 Å². The summed E-state index contributed by atoms with van der Waals surface area (Å²) in [4.78, 5) is 16.2. The Morgan fingerprint density at radius 3 is 2.41 bits per heavy atom. The van der Waals surface area contributed by atoms with E-state index in [9.17, 15) is 4.79 Å². The Morgan fingerprint density at radius 2 is 1.82 bits per heavy atom. The first-order valence-corrected chi connectivity index (χ1v) is 5.41. The van der Waals surface area contributed by atoms with E-state index in [-0.39, 0.29) is 5.78 Å². The minimum atomic E-state index is -0.0517. The number of hydrogen-bond donors (Lipinski definition) is 1. The molecule has 2 aromatic rings. The molecule has 0 aliphatic heterocycles. The zero-order valence-electron chi connectivity index (χ0n) is 9.90. The number of rotatable bonds is 2. The number of carbonyl (C=O) groups is 1. The Kier molecular flexibility index (Phi) is 2.91. The molecule has 17 heavy (non-hydrogen) atoms. The molecule has 0 bridgehead atoms. The van der Waals surface area contributed by atoms with Crippen molar-refractivity contribution in [2.75, 3.05) is 5.73 Å². The summed E-state index contributed by atoms with van der Waals surface area (Å²) in [5.41, 5.74) is 9.48. The number of aryl methyl sites for hydroxylation is 2. The molecular weight excluding hydrogens is 212 g/mol. The van der Waals surface area contributed by atoms with E-state index < -0.39 is 0 Å². The Bertz CT molecular complexity index is 559. The molecule has 0 spiro atoms. The van der Waals surface area contributed by atoms with Crippen molar-refractivity contribution in [3.05, 3.63) is 58.9 Å². The fourth-order valence-electron chi connectivity index (χ4n) is 1.55. The standard InChI is InChI=1S/C14H14N2O/c1-9-3-5-11(7-13(9)15)14(17)12-6-4-10(2)16-8-12/h3-8H,15H2,1-2H3. The Labute approximate surface area is 100 Å². The summed E-state index contributed by atoms with van der Waals surface area (Å²) in [6.07, 6.45) is 1.59. The van der Waals surface area contributed by atoms with Crippen LogP contribution >= 0.6 is 0 Å². The monoisotopic (exact) mass is 226 g/mol. The number of pyridine rings is 1. The fourth-order valence-corrected chi connectivity index (χ4v) is 1.55. The van der Waals surface area contributed by atoms with Crippen LogP contribution in [0.3, 0.4) is 0 Å². The van der Waals surface area contributed by atoms with Crippen LogP contribution in [0.4, 0.5) is 5.69 Å². The summed E-state index contributed by atoms with van der Waals surface area (Å²) in [5, 5.41) is 0. The molecule has 2 rings (SSSR count). The van der Waals surface area contributed by atoms with E-state index in [1.54, 1.807) is 24.4 Å². The number of nitrogens with two attached hydrogens (primary N) is 1. The molecular formula is C14H14N2O. The first-order valence-electron chi connectivity index (χ1n) is 5.41. The highest BCUT2D eigenvalue weighted by molar-refractivity contribution is 6.09. The predicted octanol–water partition coefficient (Wildman–Crippen LogP) is 2.51. The smallest absolute Gasteiger partial charge is 0.194 e. The normalized spacial score (nSPS) is 10.2. The molecule has 0 radical (unpaired) electrons. The van der Waals surface area contributed by atoms with Crippen LogP contribution in [0, 0.1) is 13.8 Å². The molecule has 0 amide bonds. The van der Waals surface area contributed by atoms with Crippen LogP contribution in [-0.4, -0.2) is 10.8 Å². The van der Waals surface area contributed by atoms with Gasteiger partial charge in [0, 0.05) is 28.7 Å². The van der Waals surface area contributed by atoms with Crippen molar-refractivity contribution in [3.8, 4) is 0 Å². The molecule has 0 saturated carbocycles. The third-order valence-corrected chi connectivity index (χ3v) is 2.71. The van der Waals surface area contributed by atoms with Gasteiger partial charge in [0.15, 0.2) is 5.78 Å². The average Bonchev–Trinajstić information content (AvgIpc) is 2.33. The van der Waals surface area contributed by atoms with Crippen LogP contribution in [0.25, 0.3) is 0 Å². The lowest BCUT2D eigenvalue weighted by atomic mass is 10.0. The van der Waals surface area contributed by atoms with E-state index in [0.29, 0.717) is 16.8 Å². The van der Waals surface area contributed by atoms with Gasteiger partial charge in [0.1, 0.15) is 0 Å². The lowest BCUT2D eigenvalue weighted by molar-refractivity contribution is 0.103. The molecule has 3 nitrogen and oxygen atoms in total. The van der Waals surface area contributed by atoms with Gasteiger partial charge in [0.25, 0.3) is 0 Å². The minimum absolute atomic E-state index is 0.0517. The highest BCUT2D eigenvalue weighted by Gasteiger charge is 2.10. The van der Waals surface area contributed by atoms with Crippen molar-refractivity contribution in [3.63, 3.8) is 0 Å². The van der Waals surface area contributed by atoms with E-state index in [2.05, 4.69) is 4.98 Å². The molecule has 0 saturated heterocycles. The number of nitrogens with zero attached hydrogens (tertiary/aromatic N) is 1. The highest BCUT2D eigenvalue weighted by Crippen LogP contribution is 2.16. The lowest BCUT2D eigenvalue weighted by Gasteiger charge is -2.04. The summed E-state index contributed by atoms with van der Waals surface area (Å²) in [7, 11) is 0. The van der Waals surface area contributed by atoms with E-state index in [1.165, 1.54) is 0 Å². The van der Waals surface area contributed by atoms with Crippen molar-refractivity contribution in [1.29, 1.82) is 0 Å². The van der Waals surface area contributed by atoms with Gasteiger partial charge in [-0.2, -0.15) is 0 Å². The van der Waals surface area contributed by atoms with Gasteiger partial charge in [-0.05, 0) is 37.6 Å². The van der Waals surface area contributed by atoms with Crippen LogP contribution in [0.2, 0.25) is 0 Å². The van der Waals surface area contributed by atoms with Crippen molar-refractivity contribution in [2.45, 2.75) is 13.8 Å². The van der Waals surface area contributed by atoms with Gasteiger partial charge in [-0.3, -0.25) is 9.78 Å². The van der Waals surface area contributed by atoms with Gasteiger partial charge < -0.3 is 5.73 Å². The van der Waals surface area contributed by atoms with Crippen molar-refractivity contribution < 1.29 is 4.79 Å². The van der Waals surface area contributed by atoms with Crippen LogP contribution in [-0.2, 0) is 0 Å². The summed E-state index contributed by atoms with van der Waals surface area (Å²) >= 11 is 0. The van der Waals surface area contributed by atoms with Crippen LogP contribution in [0.15, 0.2) is 36.5 Å². The average molecular weight is 226 g/mol. The van der Waals surface area contributed by atoms with Crippen LogP contribution in [0.1, 0.15) is 27.2 Å². The summed E-state index contributed by atoms with van der Waals surface area (Å²) < 4.78 is 0. The molecule has 1 aromatic heterocycles. The van der Waals surface area contributed by atoms with Gasteiger partial charge >= 0.3 is 0 Å². The van der Waals surface area contributed by atoms with E-state index in [0.717, 1.165) is 11.3 Å². The molecule has 0 fully saturated rings. The first-order chi connectivity index (χ1) is 8.08. The fraction of sp³-hybridized carbons (Fsp3) is 0.143. The minimum Gasteiger partial charge on any atom is -0.398 e. The summed E-state index contributed by atoms with van der Waals surface area (Å²) in [6, 6.07) is 8.95. The van der Waals surface area contributed by atoms with Gasteiger partial charge in [-0.15, -0.1) is 0 Å². The second-order valence-electron chi connectivity index (χ2n) is 4.09. The molecule has 2 N–H and O–H groups in total. The largest absolute Gasteiger partial charge is 0.398 e. The number of benzene rings is 1. The molecule has 3 heteroatoms. The number of ketones is 1. The van der Waals surface area contributed by atoms with E-state index >= 15 is 0 Å². The lowest BCUT2D eigenvalue weighted by Crippen LogP contribution is -2.03. The second kappa shape index (κ2) is 4.37. The SMILES string of the molecule is Cc1ccc(C(=O)c2ccc(C)c(N)c2)cn1. The molecule has 0 aliphatic carbocycles. The molecule has 0 aliphatic rings. The third-order valence-electron chi connectivity index (χ3n) is 2.71. The summed E-state index contributed by atoms with van der Waals surface area (Å²) in [6.45, 7) is 3.80. The van der Waals surface area contributed by atoms with Crippen LogP contribution in [0.5, 0.6) is 0 Å². The van der Waals surface area contributed by atoms with Gasteiger partial charge in [0.2, 0.25) is 0 Å². The topological polar surface area (TPSA) is 56.0 Å². The van der Waals surface area contributed by atoms with Gasteiger partial charge in [-0.1, -0.05) is 12.1 Å². The number of anilines is 1. The molecule has 0 unspecified atom stereocenters. The zero-order valence-corrected chi connectivity index (χ0v) is 9.90. The maximum atomic E-state index is 12.1. The third kappa shape index (κ3) is 2.33. The van der Waals surface area contributed by atoms with Crippen molar-refractivity contribution in [2.24, 2.45) is 0 Å². The number of nitrogen functional groups attached to an aromatic ring is 1. The van der Waals surface area contributed by atoms with Crippen LogP contribution < -0.4 is 5.73 Å². The van der Waals surface area contributed by atoms with Gasteiger partial charge in [0.05, 0.1) is 0 Å². The zero-order chi connectivity index (χ0) is 12.4. The Morgan fingerprint density at radius 1 is 1.12 bits per heavy atom. The number of carbonyl (C=O) groups excluding carboxylic acids is 1. The molecule has 1 heterocycles. The first kappa shape index (κ1) is 11.3. The van der Waals surface area contributed by atoms with Crippen molar-refractivity contribution >= 4 is 11.5 Å². The maximum Gasteiger partial charge on any atom is 0.194 e. The quantitative estimate of drug-likeness (QED) is 0.632. The second-order valence-corrected chi connectivity index (χ2v) is 4.09. The highest BCUT2D eigenvalue weighted by atomic mass is 16.1. The van der Waals surface area contributed by atoms with Crippen molar-refractivity contribution in [1.82, 2.24) is 4.98 Å². The maximum absolute atomic E-state index is 12.1. The van der Waals surface area contributed by atoms with Gasteiger partial charge in [-0.25, -0.2) is 0 Å². The molecule has 0 atom stereocenters. The van der Waals surface area contributed by atoms with E-state index in [4.69, 9.17) is 5.73 Å². The Balaban J connectivity index is 2.37. The Hall–Kier alpha value is -2.16. The number of aromatic nitrogens is 1. The molecule has 86 valence electrons.